The molecule has 1 heterocycles. The summed E-state index contributed by atoms with van der Waals surface area (Å²) in [6.07, 6.45) is 1.14. The summed E-state index contributed by atoms with van der Waals surface area (Å²) in [6, 6.07) is 25.0. The largest absolute Gasteiger partial charge is 0.284 e. The molecule has 0 aliphatic carbocycles. The Balaban J connectivity index is 1.74. The normalized spacial score (nSPS) is 14.6. The molecule has 0 radical (unpaired) electrons. The Morgan fingerprint density at radius 3 is 1.93 bits per heavy atom. The predicted octanol–water partition coefficient (Wildman–Crippen LogP) is 5.45. The first kappa shape index (κ1) is 21.0. The van der Waals surface area contributed by atoms with Crippen molar-refractivity contribution in [3.63, 3.8) is 0 Å². The van der Waals surface area contributed by atoms with Crippen LogP contribution in [-0.4, -0.2) is 32.7 Å². The summed E-state index contributed by atoms with van der Waals surface area (Å²) < 4.78 is 40.2. The molecule has 0 aromatic heterocycles. The Labute approximate surface area is 184 Å². The lowest BCUT2D eigenvalue weighted by Gasteiger charge is -2.42. The van der Waals surface area contributed by atoms with Gasteiger partial charge in [-0.2, -0.15) is 0 Å². The third kappa shape index (κ3) is 4.13. The molecule has 0 atom stereocenters. The van der Waals surface area contributed by atoms with Crippen molar-refractivity contribution in [1.82, 2.24) is 4.90 Å². The van der Waals surface area contributed by atoms with E-state index in [1.54, 1.807) is 12.1 Å². The monoisotopic (exact) mass is 485 g/mol. The van der Waals surface area contributed by atoms with Gasteiger partial charge >= 0.3 is 0 Å². The van der Waals surface area contributed by atoms with E-state index in [0.29, 0.717) is 13.1 Å². The first-order chi connectivity index (χ1) is 14.4. The van der Waals surface area contributed by atoms with Crippen LogP contribution in [0.1, 0.15) is 22.7 Å². The summed E-state index contributed by atoms with van der Waals surface area (Å²) in [7, 11) is -3.60. The Kier molecular flexibility index (Phi) is 5.91. The minimum absolute atomic E-state index is 0.00400. The van der Waals surface area contributed by atoms with Crippen molar-refractivity contribution in [2.24, 2.45) is 0 Å². The van der Waals surface area contributed by atoms with Crippen LogP contribution in [0.2, 0.25) is 0 Å². The quantitative estimate of drug-likeness (QED) is 0.482. The SMILES string of the molecule is CS(=O)(=O)C(=C1CN(C(c2ccccc2)c2ccccc2)C1)c1cccc(Br)c1F. The van der Waals surface area contributed by atoms with Crippen LogP contribution in [0.3, 0.4) is 0 Å². The van der Waals surface area contributed by atoms with Crippen LogP contribution in [0.25, 0.3) is 4.91 Å². The maximum absolute atomic E-state index is 14.7. The molecule has 3 aromatic rings. The van der Waals surface area contributed by atoms with E-state index < -0.39 is 15.7 Å². The van der Waals surface area contributed by atoms with Crippen molar-refractivity contribution in [3.8, 4) is 0 Å². The van der Waals surface area contributed by atoms with Crippen LogP contribution < -0.4 is 0 Å². The molecule has 1 fully saturated rings. The molecule has 0 unspecified atom stereocenters. The summed E-state index contributed by atoms with van der Waals surface area (Å²) in [5.74, 6) is -0.549. The lowest BCUT2D eigenvalue weighted by Crippen LogP contribution is -2.44. The summed E-state index contributed by atoms with van der Waals surface area (Å²) in [5, 5.41) is 0. The number of sulfone groups is 1. The zero-order valence-corrected chi connectivity index (χ0v) is 18.8. The van der Waals surface area contributed by atoms with Crippen LogP contribution in [0.15, 0.2) is 88.9 Å². The van der Waals surface area contributed by atoms with Gasteiger partial charge in [-0.1, -0.05) is 72.8 Å². The molecule has 154 valence electrons. The topological polar surface area (TPSA) is 37.4 Å². The molecule has 0 amide bonds. The van der Waals surface area contributed by atoms with Crippen molar-refractivity contribution in [1.29, 1.82) is 0 Å². The van der Waals surface area contributed by atoms with Gasteiger partial charge in [-0.15, -0.1) is 0 Å². The van der Waals surface area contributed by atoms with E-state index >= 15 is 0 Å². The third-order valence-corrected chi connectivity index (χ3v) is 7.13. The minimum atomic E-state index is -3.60. The van der Waals surface area contributed by atoms with Crippen LogP contribution in [0, 0.1) is 5.82 Å². The number of hydrogen-bond donors (Lipinski definition) is 0. The molecule has 0 spiro atoms. The maximum Gasteiger partial charge on any atom is 0.176 e. The molecule has 6 heteroatoms. The number of nitrogens with zero attached hydrogens (tertiary/aromatic N) is 1. The van der Waals surface area contributed by atoms with Crippen molar-refractivity contribution in [2.75, 3.05) is 19.3 Å². The molecule has 1 aliphatic heterocycles. The first-order valence-electron chi connectivity index (χ1n) is 9.56. The number of rotatable bonds is 5. The van der Waals surface area contributed by atoms with Gasteiger partial charge in [0, 0.05) is 24.9 Å². The highest BCUT2D eigenvalue weighted by Crippen LogP contribution is 2.39. The summed E-state index contributed by atoms with van der Waals surface area (Å²) in [5.41, 5.74) is 3.12. The second-order valence-electron chi connectivity index (χ2n) is 7.44. The van der Waals surface area contributed by atoms with E-state index in [-0.39, 0.29) is 21.0 Å². The van der Waals surface area contributed by atoms with Crippen molar-refractivity contribution < 1.29 is 12.8 Å². The molecule has 30 heavy (non-hydrogen) atoms. The van der Waals surface area contributed by atoms with Gasteiger partial charge in [-0.25, -0.2) is 12.8 Å². The molecule has 3 nitrogen and oxygen atoms in total. The van der Waals surface area contributed by atoms with E-state index in [2.05, 4.69) is 45.1 Å². The van der Waals surface area contributed by atoms with Gasteiger partial charge in [0.25, 0.3) is 0 Å². The number of likely N-dealkylation sites (tertiary alicyclic amines) is 1. The predicted molar refractivity (Wildman–Crippen MR) is 122 cm³/mol. The van der Waals surface area contributed by atoms with E-state index in [9.17, 15) is 12.8 Å². The van der Waals surface area contributed by atoms with Gasteiger partial charge in [0.05, 0.1) is 15.4 Å². The molecule has 1 aliphatic rings. The molecular formula is C24H21BrFNO2S. The van der Waals surface area contributed by atoms with Gasteiger partial charge in [0.1, 0.15) is 5.82 Å². The maximum atomic E-state index is 14.7. The van der Waals surface area contributed by atoms with E-state index in [0.717, 1.165) is 23.0 Å². The van der Waals surface area contributed by atoms with E-state index in [1.807, 2.05) is 36.4 Å². The van der Waals surface area contributed by atoms with Gasteiger partial charge < -0.3 is 0 Å². The molecule has 0 saturated carbocycles. The summed E-state index contributed by atoms with van der Waals surface area (Å²) in [6.45, 7) is 0.922. The van der Waals surface area contributed by atoms with Gasteiger partial charge in [-0.05, 0) is 38.7 Å². The van der Waals surface area contributed by atoms with Crippen molar-refractivity contribution >= 4 is 30.7 Å². The highest BCUT2D eigenvalue weighted by molar-refractivity contribution is 9.10. The van der Waals surface area contributed by atoms with E-state index in [1.165, 1.54) is 6.07 Å². The Morgan fingerprint density at radius 1 is 0.900 bits per heavy atom. The fourth-order valence-corrected chi connectivity index (χ4v) is 5.56. The highest BCUT2D eigenvalue weighted by atomic mass is 79.9. The first-order valence-corrected chi connectivity index (χ1v) is 12.2. The minimum Gasteiger partial charge on any atom is -0.284 e. The Hall–Kier alpha value is -2.28. The van der Waals surface area contributed by atoms with Gasteiger partial charge in [0.2, 0.25) is 0 Å². The third-order valence-electron chi connectivity index (χ3n) is 5.27. The van der Waals surface area contributed by atoms with Crippen LogP contribution in [0.4, 0.5) is 4.39 Å². The fraction of sp³-hybridized carbons (Fsp3) is 0.167. The molecule has 0 bridgehead atoms. The standard InChI is InChI=1S/C24H21BrFNO2S/c1-30(28,29)24(20-13-8-14-21(25)22(20)26)19-15-27(16-19)23(17-9-4-2-5-10-17)18-11-6-3-7-12-18/h2-14,23H,15-16H2,1H3. The zero-order valence-electron chi connectivity index (χ0n) is 16.4. The second kappa shape index (κ2) is 8.46. The van der Waals surface area contributed by atoms with Crippen LogP contribution in [-0.2, 0) is 9.84 Å². The number of benzene rings is 3. The smallest absolute Gasteiger partial charge is 0.176 e. The zero-order chi connectivity index (χ0) is 21.3. The van der Waals surface area contributed by atoms with Crippen LogP contribution >= 0.6 is 15.9 Å². The van der Waals surface area contributed by atoms with Gasteiger partial charge in [-0.3, -0.25) is 4.90 Å². The molecule has 1 saturated heterocycles. The Bertz CT molecular complexity index is 1150. The van der Waals surface area contributed by atoms with E-state index in [4.69, 9.17) is 0 Å². The number of hydrogen-bond acceptors (Lipinski definition) is 3. The molecule has 3 aromatic carbocycles. The molecule has 0 N–H and O–H groups in total. The second-order valence-corrected chi connectivity index (χ2v) is 10.2. The number of halogens is 2. The van der Waals surface area contributed by atoms with Gasteiger partial charge in [0.15, 0.2) is 9.84 Å². The summed E-state index contributed by atoms with van der Waals surface area (Å²) in [4.78, 5) is 2.30. The lowest BCUT2D eigenvalue weighted by molar-refractivity contribution is 0.203. The average molecular weight is 486 g/mol. The Morgan fingerprint density at radius 2 is 1.43 bits per heavy atom. The van der Waals surface area contributed by atoms with Crippen LogP contribution in [0.5, 0.6) is 0 Å². The lowest BCUT2D eigenvalue weighted by atomic mass is 9.92. The molecular weight excluding hydrogens is 465 g/mol. The van der Waals surface area contributed by atoms with Crippen molar-refractivity contribution in [2.45, 2.75) is 6.04 Å². The molecule has 4 rings (SSSR count). The fourth-order valence-electron chi connectivity index (χ4n) is 3.99. The van der Waals surface area contributed by atoms with Crippen molar-refractivity contribution in [3.05, 3.63) is 111 Å². The summed E-state index contributed by atoms with van der Waals surface area (Å²) >= 11 is 3.16. The highest BCUT2D eigenvalue weighted by Gasteiger charge is 2.35. The average Bonchev–Trinajstić information content (AvgIpc) is 2.70.